The van der Waals surface area contributed by atoms with Crippen LogP contribution in [0.5, 0.6) is 0 Å². The zero-order valence-corrected chi connectivity index (χ0v) is 13.3. The van der Waals surface area contributed by atoms with Gasteiger partial charge < -0.3 is 14.3 Å². The van der Waals surface area contributed by atoms with E-state index in [1.165, 1.54) is 6.33 Å². The minimum Gasteiger partial charge on any atom is -0.377 e. The molecular formula is C18H15N5O2. The SMILES string of the molecule is O=c1[nH]cnc2c1c(-c1cnn(C3COC3)c1)cn2-c1ccccc1. The highest BCUT2D eigenvalue weighted by Crippen LogP contribution is 2.30. The molecule has 1 aliphatic rings. The van der Waals surface area contributed by atoms with Gasteiger partial charge in [0.05, 0.1) is 37.2 Å². The number of hydrogen-bond donors (Lipinski definition) is 1. The van der Waals surface area contributed by atoms with Crippen molar-refractivity contribution in [1.82, 2.24) is 24.3 Å². The molecule has 0 amide bonds. The molecule has 25 heavy (non-hydrogen) atoms. The van der Waals surface area contributed by atoms with Crippen molar-refractivity contribution in [2.75, 3.05) is 13.2 Å². The number of rotatable bonds is 3. The molecule has 4 heterocycles. The van der Waals surface area contributed by atoms with Gasteiger partial charge in [-0.3, -0.25) is 9.48 Å². The Morgan fingerprint density at radius 2 is 2.00 bits per heavy atom. The van der Waals surface area contributed by atoms with Crippen LogP contribution in [0.15, 0.2) is 60.0 Å². The third kappa shape index (κ3) is 2.20. The van der Waals surface area contributed by atoms with Crippen molar-refractivity contribution >= 4 is 11.0 Å². The first-order valence-corrected chi connectivity index (χ1v) is 8.08. The number of H-pyrrole nitrogens is 1. The number of nitrogens with zero attached hydrogens (tertiary/aromatic N) is 4. The Bertz CT molecular complexity index is 1110. The Balaban J connectivity index is 1.73. The van der Waals surface area contributed by atoms with Crippen LogP contribution < -0.4 is 5.56 Å². The van der Waals surface area contributed by atoms with Crippen molar-refractivity contribution in [3.63, 3.8) is 0 Å². The molecule has 1 aromatic carbocycles. The zero-order chi connectivity index (χ0) is 16.8. The second kappa shape index (κ2) is 5.42. The van der Waals surface area contributed by atoms with E-state index in [4.69, 9.17) is 4.74 Å². The number of nitrogens with one attached hydrogen (secondary N) is 1. The molecule has 0 bridgehead atoms. The molecule has 4 aromatic rings. The first-order valence-electron chi connectivity index (χ1n) is 8.08. The van der Waals surface area contributed by atoms with Gasteiger partial charge in [-0.15, -0.1) is 0 Å². The Morgan fingerprint density at radius 3 is 2.76 bits per heavy atom. The van der Waals surface area contributed by atoms with Crippen LogP contribution in [0, 0.1) is 0 Å². The zero-order valence-electron chi connectivity index (χ0n) is 13.3. The molecule has 0 spiro atoms. The molecule has 0 radical (unpaired) electrons. The summed E-state index contributed by atoms with van der Waals surface area (Å²) < 4.78 is 9.06. The van der Waals surface area contributed by atoms with Gasteiger partial charge in [0.2, 0.25) is 0 Å². The van der Waals surface area contributed by atoms with Crippen LogP contribution in [0.3, 0.4) is 0 Å². The summed E-state index contributed by atoms with van der Waals surface area (Å²) in [5.41, 5.74) is 3.14. The van der Waals surface area contributed by atoms with Crippen molar-refractivity contribution in [3.8, 4) is 16.8 Å². The Labute approximate surface area is 142 Å². The lowest BCUT2D eigenvalue weighted by Gasteiger charge is -2.25. The molecule has 0 saturated carbocycles. The van der Waals surface area contributed by atoms with Crippen LogP contribution in [-0.4, -0.2) is 37.5 Å². The van der Waals surface area contributed by atoms with Crippen molar-refractivity contribution in [1.29, 1.82) is 0 Å². The van der Waals surface area contributed by atoms with Crippen LogP contribution in [0.1, 0.15) is 6.04 Å². The Kier molecular flexibility index (Phi) is 3.07. The van der Waals surface area contributed by atoms with Gasteiger partial charge in [0.25, 0.3) is 5.56 Å². The average molecular weight is 333 g/mol. The standard InChI is InChI=1S/C18H15N5O2/c24-18-16-15(12-6-21-23(7-12)14-9-25-10-14)8-22(17(16)19-11-20-18)13-4-2-1-3-5-13/h1-8,11,14H,9-10H2,(H,19,20,24). The molecule has 0 aliphatic carbocycles. The van der Waals surface area contributed by atoms with E-state index in [9.17, 15) is 4.79 Å². The quantitative estimate of drug-likeness (QED) is 0.623. The van der Waals surface area contributed by atoms with Gasteiger partial charge in [0.1, 0.15) is 0 Å². The molecule has 1 N–H and O–H groups in total. The van der Waals surface area contributed by atoms with Crippen LogP contribution in [-0.2, 0) is 4.74 Å². The van der Waals surface area contributed by atoms with Gasteiger partial charge in [0.15, 0.2) is 5.65 Å². The van der Waals surface area contributed by atoms with Gasteiger partial charge >= 0.3 is 0 Å². The Hall–Kier alpha value is -3.19. The van der Waals surface area contributed by atoms with E-state index in [1.54, 1.807) is 6.20 Å². The normalized spacial score (nSPS) is 14.7. The number of fused-ring (bicyclic) bond motifs is 1. The van der Waals surface area contributed by atoms with Gasteiger partial charge in [0, 0.05) is 29.2 Å². The predicted molar refractivity (Wildman–Crippen MR) is 92.8 cm³/mol. The minimum absolute atomic E-state index is 0.158. The largest absolute Gasteiger partial charge is 0.377 e. The number of hydrogen-bond acceptors (Lipinski definition) is 4. The van der Waals surface area contributed by atoms with E-state index in [0.29, 0.717) is 24.2 Å². The number of benzene rings is 1. The highest BCUT2D eigenvalue weighted by Gasteiger charge is 2.23. The van der Waals surface area contributed by atoms with Crippen LogP contribution >= 0.6 is 0 Å². The molecule has 7 nitrogen and oxygen atoms in total. The second-order valence-corrected chi connectivity index (χ2v) is 6.08. The summed E-state index contributed by atoms with van der Waals surface area (Å²) in [6.45, 7) is 1.35. The molecule has 7 heteroatoms. The van der Waals surface area contributed by atoms with E-state index in [1.807, 2.05) is 52.0 Å². The lowest BCUT2D eigenvalue weighted by Crippen LogP contribution is -2.30. The smallest absolute Gasteiger partial charge is 0.260 e. The molecule has 0 atom stereocenters. The lowest BCUT2D eigenvalue weighted by molar-refractivity contribution is -0.0286. The summed E-state index contributed by atoms with van der Waals surface area (Å²) in [5, 5.41) is 4.99. The molecule has 1 saturated heterocycles. The monoisotopic (exact) mass is 333 g/mol. The fourth-order valence-electron chi connectivity index (χ4n) is 3.13. The maximum Gasteiger partial charge on any atom is 0.260 e. The van der Waals surface area contributed by atoms with Gasteiger partial charge in [-0.2, -0.15) is 5.10 Å². The average Bonchev–Trinajstić information content (AvgIpc) is 3.20. The first kappa shape index (κ1) is 14.2. The molecule has 0 unspecified atom stereocenters. The fraction of sp³-hybridized carbons (Fsp3) is 0.167. The summed E-state index contributed by atoms with van der Waals surface area (Å²) in [6, 6.07) is 10.1. The van der Waals surface area contributed by atoms with Crippen molar-refractivity contribution in [2.45, 2.75) is 6.04 Å². The second-order valence-electron chi connectivity index (χ2n) is 6.08. The van der Waals surface area contributed by atoms with Crippen LogP contribution in [0.25, 0.3) is 27.8 Å². The molecule has 5 rings (SSSR count). The molecule has 1 fully saturated rings. The van der Waals surface area contributed by atoms with Gasteiger partial charge in [-0.1, -0.05) is 18.2 Å². The first-order chi connectivity index (χ1) is 12.3. The topological polar surface area (TPSA) is 77.7 Å². The predicted octanol–water partition coefficient (Wildman–Crippen LogP) is 2.15. The number of ether oxygens (including phenoxy) is 1. The summed E-state index contributed by atoms with van der Waals surface area (Å²) in [6.07, 6.45) is 7.13. The van der Waals surface area contributed by atoms with Crippen molar-refractivity contribution in [3.05, 3.63) is 65.6 Å². The number of para-hydroxylation sites is 1. The third-order valence-electron chi connectivity index (χ3n) is 4.53. The van der Waals surface area contributed by atoms with Gasteiger partial charge in [-0.25, -0.2) is 4.98 Å². The maximum absolute atomic E-state index is 12.5. The van der Waals surface area contributed by atoms with Gasteiger partial charge in [-0.05, 0) is 12.1 Å². The Morgan fingerprint density at radius 1 is 1.16 bits per heavy atom. The molecule has 124 valence electrons. The van der Waals surface area contributed by atoms with Crippen LogP contribution in [0.4, 0.5) is 0 Å². The fourth-order valence-corrected chi connectivity index (χ4v) is 3.13. The van der Waals surface area contributed by atoms with Crippen molar-refractivity contribution in [2.24, 2.45) is 0 Å². The highest BCUT2D eigenvalue weighted by molar-refractivity contribution is 5.94. The van der Waals surface area contributed by atoms with E-state index in [2.05, 4.69) is 15.1 Å². The van der Waals surface area contributed by atoms with E-state index in [-0.39, 0.29) is 11.6 Å². The molecule has 1 aliphatic heterocycles. The number of aromatic amines is 1. The molecule has 3 aromatic heterocycles. The third-order valence-corrected chi connectivity index (χ3v) is 4.53. The summed E-state index contributed by atoms with van der Waals surface area (Å²) >= 11 is 0. The number of aromatic nitrogens is 5. The maximum atomic E-state index is 12.5. The van der Waals surface area contributed by atoms with E-state index < -0.39 is 0 Å². The van der Waals surface area contributed by atoms with Crippen molar-refractivity contribution < 1.29 is 4.74 Å². The summed E-state index contributed by atoms with van der Waals surface area (Å²) in [5.74, 6) is 0. The summed E-state index contributed by atoms with van der Waals surface area (Å²) in [7, 11) is 0. The minimum atomic E-state index is -0.158. The summed E-state index contributed by atoms with van der Waals surface area (Å²) in [4.78, 5) is 19.5. The lowest BCUT2D eigenvalue weighted by atomic mass is 10.1. The molecular weight excluding hydrogens is 318 g/mol. The van der Waals surface area contributed by atoms with E-state index >= 15 is 0 Å². The van der Waals surface area contributed by atoms with Crippen LogP contribution in [0.2, 0.25) is 0 Å². The highest BCUT2D eigenvalue weighted by atomic mass is 16.5. The van der Waals surface area contributed by atoms with E-state index in [0.717, 1.165) is 16.8 Å².